The Morgan fingerprint density at radius 3 is 2.46 bits per heavy atom. The molecule has 1 aromatic heterocycles. The average Bonchev–Trinajstić information content (AvgIpc) is 2.60. The van der Waals surface area contributed by atoms with Crippen molar-refractivity contribution < 1.29 is 18.0 Å². The number of carbonyl (C=O) groups excluding carboxylic acids is 1. The van der Waals surface area contributed by atoms with E-state index in [0.29, 0.717) is 5.69 Å². The lowest BCUT2D eigenvalue weighted by atomic mass is 9.95. The smallest absolute Gasteiger partial charge is 0.349 e. The van der Waals surface area contributed by atoms with Crippen LogP contribution in [0.15, 0.2) is 60.7 Å². The van der Waals surface area contributed by atoms with E-state index in [1.165, 1.54) is 25.1 Å². The molecule has 1 N–H and O–H groups in total. The number of alkyl halides is 3. The number of hydrogen-bond donors (Lipinski definition) is 1. The Labute approximate surface area is 148 Å². The standard InChI is InChI=1S/C20H17F3N2O/c1-13(26)24-19(16-7-3-4-8-17(16)20(21,22)23)12-15-11-10-14-6-2-5-9-18(14)25-15/h2-11,19H,12H2,1H3,(H,24,26). The summed E-state index contributed by atoms with van der Waals surface area (Å²) in [7, 11) is 0. The number of nitrogens with zero attached hydrogens (tertiary/aromatic N) is 1. The fourth-order valence-electron chi connectivity index (χ4n) is 2.97. The van der Waals surface area contributed by atoms with Crippen molar-refractivity contribution in [3.05, 3.63) is 77.5 Å². The van der Waals surface area contributed by atoms with Gasteiger partial charge in [-0.1, -0.05) is 42.5 Å². The fourth-order valence-corrected chi connectivity index (χ4v) is 2.97. The van der Waals surface area contributed by atoms with Gasteiger partial charge in [-0.05, 0) is 23.8 Å². The van der Waals surface area contributed by atoms with Crippen LogP contribution in [0.4, 0.5) is 13.2 Å². The van der Waals surface area contributed by atoms with Gasteiger partial charge in [-0.15, -0.1) is 0 Å². The number of hydrogen-bond acceptors (Lipinski definition) is 2. The first-order valence-electron chi connectivity index (χ1n) is 8.12. The summed E-state index contributed by atoms with van der Waals surface area (Å²) in [5, 5.41) is 3.57. The molecular formula is C20H17F3N2O. The number of pyridine rings is 1. The van der Waals surface area contributed by atoms with Crippen LogP contribution in [0.3, 0.4) is 0 Å². The highest BCUT2D eigenvalue weighted by Crippen LogP contribution is 2.35. The fraction of sp³-hybridized carbons (Fsp3) is 0.200. The van der Waals surface area contributed by atoms with Crippen molar-refractivity contribution in [2.24, 2.45) is 0 Å². The van der Waals surface area contributed by atoms with Gasteiger partial charge >= 0.3 is 6.18 Å². The van der Waals surface area contributed by atoms with Crippen molar-refractivity contribution in [1.82, 2.24) is 10.3 Å². The van der Waals surface area contributed by atoms with Crippen molar-refractivity contribution in [2.45, 2.75) is 25.6 Å². The maximum atomic E-state index is 13.4. The minimum absolute atomic E-state index is 0.0326. The number of halogens is 3. The van der Waals surface area contributed by atoms with Crippen LogP contribution in [0, 0.1) is 0 Å². The molecule has 134 valence electrons. The minimum Gasteiger partial charge on any atom is -0.349 e. The highest BCUT2D eigenvalue weighted by atomic mass is 19.4. The summed E-state index contributed by atoms with van der Waals surface area (Å²) in [6.07, 6.45) is -4.33. The number of para-hydroxylation sites is 1. The molecule has 1 atom stereocenters. The van der Waals surface area contributed by atoms with Crippen molar-refractivity contribution in [3.8, 4) is 0 Å². The summed E-state index contributed by atoms with van der Waals surface area (Å²) >= 11 is 0. The molecule has 0 fully saturated rings. The number of carbonyl (C=O) groups is 1. The van der Waals surface area contributed by atoms with Crippen molar-refractivity contribution in [1.29, 1.82) is 0 Å². The van der Waals surface area contributed by atoms with Crippen molar-refractivity contribution >= 4 is 16.8 Å². The summed E-state index contributed by atoms with van der Waals surface area (Å²) in [4.78, 5) is 16.1. The molecule has 6 heteroatoms. The zero-order valence-corrected chi connectivity index (χ0v) is 14.0. The van der Waals surface area contributed by atoms with E-state index >= 15 is 0 Å². The van der Waals surface area contributed by atoms with Gasteiger partial charge in [0.25, 0.3) is 0 Å². The SMILES string of the molecule is CC(=O)NC(Cc1ccc2ccccc2n1)c1ccccc1C(F)(F)F. The molecule has 1 unspecified atom stereocenters. The lowest BCUT2D eigenvalue weighted by Gasteiger charge is -2.22. The van der Waals surface area contributed by atoms with Gasteiger partial charge in [0.15, 0.2) is 0 Å². The molecule has 0 aliphatic rings. The molecule has 3 rings (SSSR count). The Bertz CT molecular complexity index is 937. The zero-order valence-electron chi connectivity index (χ0n) is 14.0. The highest BCUT2D eigenvalue weighted by molar-refractivity contribution is 5.78. The van der Waals surface area contributed by atoms with Crippen LogP contribution < -0.4 is 5.32 Å². The number of rotatable bonds is 4. The van der Waals surface area contributed by atoms with Crippen LogP contribution in [0.2, 0.25) is 0 Å². The molecule has 3 nitrogen and oxygen atoms in total. The second-order valence-electron chi connectivity index (χ2n) is 6.04. The molecule has 3 aromatic rings. The first kappa shape index (κ1) is 17.9. The topological polar surface area (TPSA) is 42.0 Å². The van der Waals surface area contributed by atoms with Crippen LogP contribution in [0.25, 0.3) is 10.9 Å². The second-order valence-corrected chi connectivity index (χ2v) is 6.04. The van der Waals surface area contributed by atoms with Crippen LogP contribution in [-0.4, -0.2) is 10.9 Å². The third-order valence-corrected chi connectivity index (χ3v) is 4.09. The van der Waals surface area contributed by atoms with E-state index in [9.17, 15) is 18.0 Å². The largest absolute Gasteiger partial charge is 0.416 e. The molecule has 0 spiro atoms. The Morgan fingerprint density at radius 2 is 1.73 bits per heavy atom. The highest BCUT2D eigenvalue weighted by Gasteiger charge is 2.35. The first-order chi connectivity index (χ1) is 12.3. The second kappa shape index (κ2) is 7.15. The quantitative estimate of drug-likeness (QED) is 0.736. The molecule has 0 radical (unpaired) electrons. The maximum Gasteiger partial charge on any atom is 0.416 e. The van der Waals surface area contributed by atoms with Gasteiger partial charge < -0.3 is 5.32 Å². The van der Waals surface area contributed by atoms with Gasteiger partial charge in [-0.25, -0.2) is 0 Å². The molecule has 1 heterocycles. The van der Waals surface area contributed by atoms with E-state index in [1.54, 1.807) is 6.07 Å². The summed E-state index contributed by atoms with van der Waals surface area (Å²) in [5.41, 5.74) is 0.653. The van der Waals surface area contributed by atoms with E-state index in [4.69, 9.17) is 0 Å². The van der Waals surface area contributed by atoms with E-state index in [0.717, 1.165) is 17.0 Å². The van der Waals surface area contributed by atoms with Crippen molar-refractivity contribution in [3.63, 3.8) is 0 Å². The Hall–Kier alpha value is -2.89. The zero-order chi connectivity index (χ0) is 18.7. The molecule has 0 bridgehead atoms. The Balaban J connectivity index is 2.00. The van der Waals surface area contributed by atoms with Gasteiger partial charge in [-0.3, -0.25) is 9.78 Å². The molecule has 0 aliphatic carbocycles. The number of fused-ring (bicyclic) bond motifs is 1. The van der Waals surface area contributed by atoms with Crippen LogP contribution >= 0.6 is 0 Å². The predicted octanol–water partition coefficient (Wildman–Crippen LogP) is 4.67. The van der Waals surface area contributed by atoms with Gasteiger partial charge in [-0.2, -0.15) is 13.2 Å². The summed E-state index contributed by atoms with van der Waals surface area (Å²) in [6, 6.07) is 15.6. The maximum absolute atomic E-state index is 13.4. The molecule has 0 aliphatic heterocycles. The number of amides is 1. The van der Waals surface area contributed by atoms with E-state index in [1.807, 2.05) is 30.3 Å². The molecular weight excluding hydrogens is 341 g/mol. The van der Waals surface area contributed by atoms with E-state index in [2.05, 4.69) is 10.3 Å². The normalized spacial score (nSPS) is 12.8. The average molecular weight is 358 g/mol. The van der Waals surface area contributed by atoms with E-state index < -0.39 is 23.7 Å². The van der Waals surface area contributed by atoms with Gasteiger partial charge in [0.2, 0.25) is 5.91 Å². The predicted molar refractivity (Wildman–Crippen MR) is 93.4 cm³/mol. The molecule has 0 saturated heterocycles. The third kappa shape index (κ3) is 4.02. The minimum atomic E-state index is -4.50. The van der Waals surface area contributed by atoms with Crippen LogP contribution in [-0.2, 0) is 17.4 Å². The number of benzene rings is 2. The monoisotopic (exact) mass is 358 g/mol. The molecule has 0 saturated carbocycles. The van der Waals surface area contributed by atoms with Gasteiger partial charge in [0, 0.05) is 24.4 Å². The Morgan fingerprint density at radius 1 is 1.04 bits per heavy atom. The van der Waals surface area contributed by atoms with Crippen LogP contribution in [0.1, 0.15) is 29.8 Å². The Kier molecular flexibility index (Phi) is 4.93. The summed E-state index contributed by atoms with van der Waals surface area (Å²) in [6.45, 7) is 1.29. The van der Waals surface area contributed by atoms with Crippen LogP contribution in [0.5, 0.6) is 0 Å². The summed E-state index contributed by atoms with van der Waals surface area (Å²) < 4.78 is 40.1. The lowest BCUT2D eigenvalue weighted by Crippen LogP contribution is -2.29. The van der Waals surface area contributed by atoms with Gasteiger partial charge in [0.1, 0.15) is 0 Å². The van der Waals surface area contributed by atoms with E-state index in [-0.39, 0.29) is 12.0 Å². The third-order valence-electron chi connectivity index (χ3n) is 4.09. The number of aromatic nitrogens is 1. The van der Waals surface area contributed by atoms with Crippen molar-refractivity contribution in [2.75, 3.05) is 0 Å². The number of nitrogens with one attached hydrogen (secondary N) is 1. The molecule has 26 heavy (non-hydrogen) atoms. The van der Waals surface area contributed by atoms with Gasteiger partial charge in [0.05, 0.1) is 17.1 Å². The first-order valence-corrected chi connectivity index (χ1v) is 8.12. The molecule has 1 amide bonds. The lowest BCUT2D eigenvalue weighted by molar-refractivity contribution is -0.138. The molecule has 2 aromatic carbocycles. The summed E-state index contributed by atoms with van der Waals surface area (Å²) in [5.74, 6) is -0.396.